The van der Waals surface area contributed by atoms with Crippen LogP contribution in [0.2, 0.25) is 0 Å². The lowest BCUT2D eigenvalue weighted by molar-refractivity contribution is 0.446. The molecule has 1 aliphatic rings. The molecule has 0 unspecified atom stereocenters. The lowest BCUT2D eigenvalue weighted by atomic mass is 9.94. The second-order valence-corrected chi connectivity index (χ2v) is 6.05. The van der Waals surface area contributed by atoms with E-state index in [0.717, 1.165) is 25.9 Å². The fourth-order valence-electron chi connectivity index (χ4n) is 2.01. The highest BCUT2D eigenvalue weighted by molar-refractivity contribution is 7.90. The summed E-state index contributed by atoms with van der Waals surface area (Å²) in [5.41, 5.74) is 0.680. The summed E-state index contributed by atoms with van der Waals surface area (Å²) in [5, 5.41) is 3.25. The Morgan fingerprint density at radius 3 is 2.69 bits per heavy atom. The Hall–Kier alpha value is -1.01. The molecule has 0 atom stereocenters. The van der Waals surface area contributed by atoms with Crippen LogP contribution in [0.4, 0.5) is 0 Å². The van der Waals surface area contributed by atoms with E-state index >= 15 is 0 Å². The highest BCUT2D eigenvalue weighted by atomic mass is 32.2. The highest BCUT2D eigenvalue weighted by Crippen LogP contribution is 2.27. The molecule has 0 saturated carbocycles. The topological polar surface area (TPSA) is 72.0 Å². The average molecular weight is 241 g/mol. The summed E-state index contributed by atoms with van der Waals surface area (Å²) in [6.07, 6.45) is 5.89. The van der Waals surface area contributed by atoms with E-state index in [-0.39, 0.29) is 10.8 Å². The van der Waals surface area contributed by atoms with Crippen LogP contribution < -0.4 is 5.32 Å². The summed E-state index contributed by atoms with van der Waals surface area (Å²) < 4.78 is 23.2. The van der Waals surface area contributed by atoms with Gasteiger partial charge in [-0.1, -0.05) is 0 Å². The zero-order chi connectivity index (χ0) is 11.6. The number of rotatable bonds is 2. The molecule has 5 nitrogen and oxygen atoms in total. The van der Waals surface area contributed by atoms with Gasteiger partial charge < -0.3 is 5.32 Å². The molecule has 0 amide bonds. The van der Waals surface area contributed by atoms with Gasteiger partial charge in [0.05, 0.1) is 5.69 Å². The van der Waals surface area contributed by atoms with Crippen LogP contribution in [0.25, 0.3) is 0 Å². The van der Waals surface area contributed by atoms with Gasteiger partial charge in [0.1, 0.15) is 11.2 Å². The molecule has 2 rings (SSSR count). The van der Waals surface area contributed by atoms with Crippen molar-refractivity contribution in [3.63, 3.8) is 0 Å². The van der Waals surface area contributed by atoms with E-state index in [2.05, 4.69) is 15.3 Å². The Bertz CT molecular complexity index is 467. The van der Waals surface area contributed by atoms with Crippen LogP contribution in [-0.2, 0) is 9.84 Å². The zero-order valence-electron chi connectivity index (χ0n) is 9.18. The molecule has 0 radical (unpaired) electrons. The van der Waals surface area contributed by atoms with Crippen LogP contribution in [-0.4, -0.2) is 37.7 Å². The summed E-state index contributed by atoms with van der Waals surface area (Å²) in [4.78, 5) is 8.23. The van der Waals surface area contributed by atoms with Crippen molar-refractivity contribution in [3.8, 4) is 0 Å². The van der Waals surface area contributed by atoms with Crippen molar-refractivity contribution in [1.29, 1.82) is 0 Å². The van der Waals surface area contributed by atoms with Crippen molar-refractivity contribution in [2.45, 2.75) is 23.7 Å². The van der Waals surface area contributed by atoms with Gasteiger partial charge >= 0.3 is 0 Å². The predicted octanol–water partition coefficient (Wildman–Crippen LogP) is 0.347. The molecule has 2 heterocycles. The SMILES string of the molecule is CS(=O)(=O)c1cncnc1C1CCNCC1. The Labute approximate surface area is 95.2 Å². The van der Waals surface area contributed by atoms with Gasteiger partial charge in [-0.2, -0.15) is 0 Å². The van der Waals surface area contributed by atoms with E-state index in [1.54, 1.807) is 0 Å². The van der Waals surface area contributed by atoms with Crippen LogP contribution in [0.5, 0.6) is 0 Å². The first-order valence-corrected chi connectivity index (χ1v) is 7.19. The third kappa shape index (κ3) is 2.38. The van der Waals surface area contributed by atoms with Gasteiger partial charge in [-0.15, -0.1) is 0 Å². The largest absolute Gasteiger partial charge is 0.317 e. The van der Waals surface area contributed by atoms with E-state index in [0.29, 0.717) is 5.69 Å². The third-order valence-electron chi connectivity index (χ3n) is 2.83. The Balaban J connectivity index is 2.40. The van der Waals surface area contributed by atoms with Crippen LogP contribution >= 0.6 is 0 Å². The Kier molecular flexibility index (Phi) is 3.20. The number of hydrogen-bond donors (Lipinski definition) is 1. The van der Waals surface area contributed by atoms with E-state index in [9.17, 15) is 8.42 Å². The number of hydrogen-bond acceptors (Lipinski definition) is 5. The fourth-order valence-corrected chi connectivity index (χ4v) is 2.87. The minimum absolute atomic E-state index is 0.231. The molecule has 6 heteroatoms. The van der Waals surface area contributed by atoms with Crippen molar-refractivity contribution in [1.82, 2.24) is 15.3 Å². The van der Waals surface area contributed by atoms with Crippen LogP contribution in [0.15, 0.2) is 17.4 Å². The van der Waals surface area contributed by atoms with Crippen LogP contribution in [0.3, 0.4) is 0 Å². The normalized spacial score (nSPS) is 18.6. The van der Waals surface area contributed by atoms with Crippen LogP contribution in [0, 0.1) is 0 Å². The van der Waals surface area contributed by atoms with Crippen molar-refractivity contribution in [2.75, 3.05) is 19.3 Å². The summed E-state index contributed by atoms with van der Waals surface area (Å²) in [5.74, 6) is 0.231. The lowest BCUT2D eigenvalue weighted by Gasteiger charge is -2.23. The molecule has 16 heavy (non-hydrogen) atoms. The molecular formula is C10H15N3O2S. The molecule has 1 aliphatic heterocycles. The minimum Gasteiger partial charge on any atom is -0.317 e. The highest BCUT2D eigenvalue weighted by Gasteiger charge is 2.23. The second kappa shape index (κ2) is 4.47. The summed E-state index contributed by atoms with van der Waals surface area (Å²) in [7, 11) is -3.23. The predicted molar refractivity (Wildman–Crippen MR) is 60.0 cm³/mol. The van der Waals surface area contributed by atoms with E-state index < -0.39 is 9.84 Å². The summed E-state index contributed by atoms with van der Waals surface area (Å²) in [6, 6.07) is 0. The first-order chi connectivity index (χ1) is 7.59. The number of sulfone groups is 1. The van der Waals surface area contributed by atoms with Gasteiger partial charge in [-0.3, -0.25) is 0 Å². The quantitative estimate of drug-likeness (QED) is 0.808. The maximum Gasteiger partial charge on any atom is 0.178 e. The van der Waals surface area contributed by atoms with Crippen molar-refractivity contribution in [3.05, 3.63) is 18.2 Å². The Morgan fingerprint density at radius 2 is 2.06 bits per heavy atom. The van der Waals surface area contributed by atoms with E-state index in [1.165, 1.54) is 18.8 Å². The monoisotopic (exact) mass is 241 g/mol. The first-order valence-electron chi connectivity index (χ1n) is 5.29. The molecule has 0 bridgehead atoms. The summed E-state index contributed by atoms with van der Waals surface area (Å²) >= 11 is 0. The Morgan fingerprint density at radius 1 is 1.38 bits per heavy atom. The minimum atomic E-state index is -3.23. The average Bonchev–Trinajstić information content (AvgIpc) is 2.29. The van der Waals surface area contributed by atoms with Gasteiger partial charge in [-0.25, -0.2) is 18.4 Å². The van der Waals surface area contributed by atoms with Crippen LogP contribution in [0.1, 0.15) is 24.5 Å². The molecule has 1 N–H and O–H groups in total. The first kappa shape index (κ1) is 11.5. The maximum atomic E-state index is 11.6. The lowest BCUT2D eigenvalue weighted by Crippen LogP contribution is -2.28. The van der Waals surface area contributed by atoms with Crippen molar-refractivity contribution in [2.24, 2.45) is 0 Å². The number of aromatic nitrogens is 2. The molecule has 1 saturated heterocycles. The zero-order valence-corrected chi connectivity index (χ0v) is 10.00. The third-order valence-corrected chi connectivity index (χ3v) is 3.95. The van der Waals surface area contributed by atoms with Gasteiger partial charge in [0, 0.05) is 18.4 Å². The standard InChI is InChI=1S/C10H15N3O2S/c1-16(14,15)9-6-12-7-13-10(9)8-2-4-11-5-3-8/h6-8,11H,2-5H2,1H3. The molecule has 88 valence electrons. The molecule has 0 spiro atoms. The smallest absolute Gasteiger partial charge is 0.178 e. The van der Waals surface area contributed by atoms with E-state index in [4.69, 9.17) is 0 Å². The van der Waals surface area contributed by atoms with Crippen molar-refractivity contribution < 1.29 is 8.42 Å². The molecule has 0 aromatic carbocycles. The molecule has 1 aromatic rings. The van der Waals surface area contributed by atoms with Gasteiger partial charge in [0.2, 0.25) is 0 Å². The molecular weight excluding hydrogens is 226 g/mol. The molecule has 1 aromatic heterocycles. The maximum absolute atomic E-state index is 11.6. The molecule has 0 aliphatic carbocycles. The van der Waals surface area contributed by atoms with Gasteiger partial charge in [-0.05, 0) is 25.9 Å². The number of nitrogens with zero attached hydrogens (tertiary/aromatic N) is 2. The van der Waals surface area contributed by atoms with Gasteiger partial charge in [0.25, 0.3) is 0 Å². The van der Waals surface area contributed by atoms with Gasteiger partial charge in [0.15, 0.2) is 9.84 Å². The second-order valence-electron chi connectivity index (χ2n) is 4.07. The fraction of sp³-hybridized carbons (Fsp3) is 0.600. The number of piperidine rings is 1. The van der Waals surface area contributed by atoms with Crippen molar-refractivity contribution >= 4 is 9.84 Å². The summed E-state index contributed by atoms with van der Waals surface area (Å²) in [6.45, 7) is 1.83. The molecule has 1 fully saturated rings. The number of nitrogens with one attached hydrogen (secondary N) is 1. The van der Waals surface area contributed by atoms with E-state index in [1.807, 2.05) is 0 Å².